The van der Waals surface area contributed by atoms with E-state index in [4.69, 9.17) is 5.73 Å². The summed E-state index contributed by atoms with van der Waals surface area (Å²) in [7, 11) is 0. The van der Waals surface area contributed by atoms with Gasteiger partial charge < -0.3 is 16.2 Å². The molecule has 0 spiro atoms. The van der Waals surface area contributed by atoms with E-state index in [2.05, 4.69) is 10.3 Å². The Morgan fingerprint density at radius 3 is 2.81 bits per heavy atom. The Kier molecular flexibility index (Phi) is 5.44. The summed E-state index contributed by atoms with van der Waals surface area (Å²) in [5, 5.41) is 15.3. The highest BCUT2D eigenvalue weighted by Crippen LogP contribution is 2.13. The third-order valence-corrected chi connectivity index (χ3v) is 3.97. The van der Waals surface area contributed by atoms with Gasteiger partial charge >= 0.3 is 0 Å². The molecule has 6 heteroatoms. The van der Waals surface area contributed by atoms with Crippen molar-refractivity contribution in [3.8, 4) is 0 Å². The van der Waals surface area contributed by atoms with Crippen molar-refractivity contribution in [3.05, 3.63) is 51.5 Å². The van der Waals surface area contributed by atoms with Gasteiger partial charge in [0.2, 0.25) is 0 Å². The van der Waals surface area contributed by atoms with E-state index in [9.17, 15) is 9.90 Å². The van der Waals surface area contributed by atoms with Gasteiger partial charge in [0.05, 0.1) is 11.1 Å². The van der Waals surface area contributed by atoms with Crippen molar-refractivity contribution in [2.24, 2.45) is 5.73 Å². The zero-order valence-corrected chi connectivity index (χ0v) is 12.7. The monoisotopic (exact) mass is 305 g/mol. The molecule has 1 unspecified atom stereocenters. The molecular formula is C15H19N3O2S. The molecule has 1 amide bonds. The zero-order valence-electron chi connectivity index (χ0n) is 11.9. The van der Waals surface area contributed by atoms with Crippen LogP contribution in [0.5, 0.6) is 0 Å². The highest BCUT2D eigenvalue weighted by molar-refractivity contribution is 7.09. The Morgan fingerprint density at radius 1 is 1.43 bits per heavy atom. The SMILES string of the molecule is Cc1ccc(C(O)CNC(=O)c2csc(CCN)n2)cc1. The average Bonchev–Trinajstić information content (AvgIpc) is 2.94. The van der Waals surface area contributed by atoms with Gasteiger partial charge in [-0.05, 0) is 19.0 Å². The Morgan fingerprint density at radius 2 is 2.14 bits per heavy atom. The number of hydrogen-bond donors (Lipinski definition) is 3. The minimum atomic E-state index is -0.725. The summed E-state index contributed by atoms with van der Waals surface area (Å²) < 4.78 is 0. The third kappa shape index (κ3) is 4.35. The van der Waals surface area contributed by atoms with Gasteiger partial charge in [-0.25, -0.2) is 4.98 Å². The summed E-state index contributed by atoms with van der Waals surface area (Å²) in [6.45, 7) is 2.66. The first-order chi connectivity index (χ1) is 10.1. The number of aliphatic hydroxyl groups excluding tert-OH is 1. The molecule has 2 aromatic rings. The second kappa shape index (κ2) is 7.31. The summed E-state index contributed by atoms with van der Waals surface area (Å²) in [6.07, 6.45) is -0.0547. The lowest BCUT2D eigenvalue weighted by Gasteiger charge is -2.11. The molecule has 1 heterocycles. The Hall–Kier alpha value is -1.76. The van der Waals surface area contributed by atoms with Crippen LogP contribution >= 0.6 is 11.3 Å². The van der Waals surface area contributed by atoms with E-state index in [1.165, 1.54) is 11.3 Å². The van der Waals surface area contributed by atoms with Crippen LogP contribution in [0, 0.1) is 6.92 Å². The van der Waals surface area contributed by atoms with E-state index >= 15 is 0 Å². The van der Waals surface area contributed by atoms with Crippen LogP contribution in [0.3, 0.4) is 0 Å². The number of nitrogens with zero attached hydrogens (tertiary/aromatic N) is 1. The van der Waals surface area contributed by atoms with Crippen LogP contribution in [-0.4, -0.2) is 29.1 Å². The van der Waals surface area contributed by atoms with Crippen LogP contribution in [0.1, 0.15) is 32.7 Å². The lowest BCUT2D eigenvalue weighted by Crippen LogP contribution is -2.28. The number of aryl methyl sites for hydroxylation is 1. The molecule has 1 aromatic heterocycles. The summed E-state index contributed by atoms with van der Waals surface area (Å²) >= 11 is 1.42. The molecule has 0 fully saturated rings. The maximum Gasteiger partial charge on any atom is 0.270 e. The van der Waals surface area contributed by atoms with Crippen LogP contribution in [-0.2, 0) is 6.42 Å². The van der Waals surface area contributed by atoms with Crippen LogP contribution in [0.15, 0.2) is 29.6 Å². The van der Waals surface area contributed by atoms with Crippen molar-refractivity contribution in [2.75, 3.05) is 13.1 Å². The summed E-state index contributed by atoms with van der Waals surface area (Å²) in [5.41, 5.74) is 7.74. The third-order valence-electron chi connectivity index (χ3n) is 3.06. The maximum atomic E-state index is 11.9. The van der Waals surface area contributed by atoms with E-state index in [1.54, 1.807) is 5.38 Å². The first-order valence-electron chi connectivity index (χ1n) is 6.77. The summed E-state index contributed by atoms with van der Waals surface area (Å²) in [6, 6.07) is 7.57. The molecular weight excluding hydrogens is 286 g/mol. The average molecular weight is 305 g/mol. The second-order valence-electron chi connectivity index (χ2n) is 4.80. The standard InChI is InChI=1S/C15H19N3O2S/c1-10-2-4-11(5-3-10)13(19)8-17-15(20)12-9-21-14(18-12)6-7-16/h2-5,9,13,19H,6-8,16H2,1H3,(H,17,20). The number of benzene rings is 1. The van der Waals surface area contributed by atoms with Crippen molar-refractivity contribution in [1.29, 1.82) is 0 Å². The quantitative estimate of drug-likeness (QED) is 0.753. The Labute approximate surface area is 127 Å². The molecule has 0 saturated heterocycles. The van der Waals surface area contributed by atoms with Gasteiger partial charge in [-0.1, -0.05) is 29.8 Å². The molecule has 0 saturated carbocycles. The summed E-state index contributed by atoms with van der Waals surface area (Å²) in [4.78, 5) is 16.1. The number of aromatic nitrogens is 1. The molecule has 1 atom stereocenters. The lowest BCUT2D eigenvalue weighted by atomic mass is 10.1. The minimum absolute atomic E-state index is 0.158. The van der Waals surface area contributed by atoms with Gasteiger partial charge in [-0.2, -0.15) is 0 Å². The molecule has 5 nitrogen and oxygen atoms in total. The predicted molar refractivity (Wildman–Crippen MR) is 83.3 cm³/mol. The van der Waals surface area contributed by atoms with E-state index < -0.39 is 6.10 Å². The molecule has 0 radical (unpaired) electrons. The van der Waals surface area contributed by atoms with Gasteiger partial charge in [-0.15, -0.1) is 11.3 Å². The van der Waals surface area contributed by atoms with Gasteiger partial charge in [0.1, 0.15) is 5.69 Å². The fourth-order valence-electron chi connectivity index (χ4n) is 1.84. The molecule has 1 aromatic carbocycles. The predicted octanol–water partition coefficient (Wildman–Crippen LogP) is 1.42. The fourth-order valence-corrected chi connectivity index (χ4v) is 2.63. The first kappa shape index (κ1) is 15.6. The van der Waals surface area contributed by atoms with Crippen molar-refractivity contribution >= 4 is 17.2 Å². The number of nitrogens with two attached hydrogens (primary N) is 1. The number of nitrogens with one attached hydrogen (secondary N) is 1. The second-order valence-corrected chi connectivity index (χ2v) is 5.74. The van der Waals surface area contributed by atoms with Crippen molar-refractivity contribution in [3.63, 3.8) is 0 Å². The van der Waals surface area contributed by atoms with Crippen LogP contribution in [0.2, 0.25) is 0 Å². The number of hydrogen-bond acceptors (Lipinski definition) is 5. The van der Waals surface area contributed by atoms with Gasteiger partial charge in [0.15, 0.2) is 0 Å². The largest absolute Gasteiger partial charge is 0.387 e. The molecule has 112 valence electrons. The molecule has 2 rings (SSSR count). The van der Waals surface area contributed by atoms with Gasteiger partial charge in [-0.3, -0.25) is 4.79 Å². The fraction of sp³-hybridized carbons (Fsp3) is 0.333. The number of rotatable bonds is 6. The number of thiazole rings is 1. The Bertz CT molecular complexity index is 595. The molecule has 0 aliphatic carbocycles. The zero-order chi connectivity index (χ0) is 15.2. The number of aliphatic hydroxyl groups is 1. The van der Waals surface area contributed by atoms with E-state index in [1.807, 2.05) is 31.2 Å². The lowest BCUT2D eigenvalue weighted by molar-refractivity contribution is 0.0912. The van der Waals surface area contributed by atoms with Gasteiger partial charge in [0, 0.05) is 18.3 Å². The molecule has 21 heavy (non-hydrogen) atoms. The van der Waals surface area contributed by atoms with E-state index in [0.717, 1.165) is 16.1 Å². The van der Waals surface area contributed by atoms with E-state index in [-0.39, 0.29) is 12.5 Å². The van der Waals surface area contributed by atoms with Gasteiger partial charge in [0.25, 0.3) is 5.91 Å². The molecule has 0 aliphatic heterocycles. The number of amides is 1. The molecule has 0 aliphatic rings. The molecule has 4 N–H and O–H groups in total. The smallest absolute Gasteiger partial charge is 0.270 e. The van der Waals surface area contributed by atoms with Crippen molar-refractivity contribution < 1.29 is 9.90 Å². The maximum absolute atomic E-state index is 11.9. The van der Waals surface area contributed by atoms with Crippen molar-refractivity contribution in [2.45, 2.75) is 19.4 Å². The highest BCUT2D eigenvalue weighted by Gasteiger charge is 2.13. The van der Waals surface area contributed by atoms with Crippen LogP contribution in [0.4, 0.5) is 0 Å². The Balaban J connectivity index is 1.89. The number of carbonyl (C=O) groups excluding carboxylic acids is 1. The van der Waals surface area contributed by atoms with E-state index in [0.29, 0.717) is 18.7 Å². The minimum Gasteiger partial charge on any atom is -0.387 e. The molecule has 0 bridgehead atoms. The highest BCUT2D eigenvalue weighted by atomic mass is 32.1. The first-order valence-corrected chi connectivity index (χ1v) is 7.65. The number of carbonyl (C=O) groups is 1. The topological polar surface area (TPSA) is 88.2 Å². The summed E-state index contributed by atoms with van der Waals surface area (Å²) in [5.74, 6) is -0.277. The van der Waals surface area contributed by atoms with Crippen molar-refractivity contribution in [1.82, 2.24) is 10.3 Å². The normalized spacial score (nSPS) is 12.1. The van der Waals surface area contributed by atoms with Crippen LogP contribution < -0.4 is 11.1 Å². The van der Waals surface area contributed by atoms with Crippen LogP contribution in [0.25, 0.3) is 0 Å².